The van der Waals surface area contributed by atoms with Gasteiger partial charge < -0.3 is 5.11 Å². The molecule has 0 unspecified atom stereocenters. The van der Waals surface area contributed by atoms with E-state index in [1.54, 1.807) is 0 Å². The maximum atomic E-state index is 13.4. The molecular formula is C10H21FO. The van der Waals surface area contributed by atoms with E-state index >= 15 is 0 Å². The van der Waals surface area contributed by atoms with Crippen LogP contribution in [0.15, 0.2) is 0 Å². The van der Waals surface area contributed by atoms with E-state index < -0.39 is 5.67 Å². The van der Waals surface area contributed by atoms with E-state index in [0.717, 1.165) is 12.8 Å². The minimum absolute atomic E-state index is 0.0340. The van der Waals surface area contributed by atoms with Crippen molar-refractivity contribution in [3.05, 3.63) is 0 Å². The Morgan fingerprint density at radius 1 is 1.17 bits per heavy atom. The van der Waals surface area contributed by atoms with E-state index in [2.05, 4.69) is 20.8 Å². The van der Waals surface area contributed by atoms with Crippen molar-refractivity contribution in [3.8, 4) is 0 Å². The zero-order valence-corrected chi connectivity index (χ0v) is 8.65. The largest absolute Gasteiger partial charge is 0.393 e. The minimum atomic E-state index is -1.42. The fraction of sp³-hybridized carbons (Fsp3) is 1.00. The van der Waals surface area contributed by atoms with Gasteiger partial charge >= 0.3 is 0 Å². The maximum absolute atomic E-state index is 13.4. The predicted molar refractivity (Wildman–Crippen MR) is 49.9 cm³/mol. The molecule has 1 N–H and O–H groups in total. The van der Waals surface area contributed by atoms with Crippen molar-refractivity contribution in [1.82, 2.24) is 0 Å². The normalized spacial score (nSPS) is 17.5. The molecule has 1 atom stereocenters. The summed E-state index contributed by atoms with van der Waals surface area (Å²) in [6.07, 6.45) is 2.37. The monoisotopic (exact) mass is 176 g/mol. The maximum Gasteiger partial charge on any atom is 0.131 e. The van der Waals surface area contributed by atoms with Gasteiger partial charge in [0.1, 0.15) is 5.67 Å². The lowest BCUT2D eigenvalue weighted by Gasteiger charge is -2.32. The fourth-order valence-corrected chi connectivity index (χ4v) is 1.45. The molecule has 0 saturated heterocycles. The topological polar surface area (TPSA) is 20.2 Å². The van der Waals surface area contributed by atoms with Crippen molar-refractivity contribution in [2.45, 2.75) is 52.6 Å². The lowest BCUT2D eigenvalue weighted by atomic mass is 9.76. The molecule has 0 aliphatic heterocycles. The predicted octanol–water partition coefficient (Wildman–Crippen LogP) is 2.92. The molecule has 0 saturated carbocycles. The summed E-state index contributed by atoms with van der Waals surface area (Å²) in [6.45, 7) is 7.30. The van der Waals surface area contributed by atoms with E-state index in [9.17, 15) is 4.39 Å². The van der Waals surface area contributed by atoms with Crippen molar-refractivity contribution in [1.29, 1.82) is 0 Å². The first-order chi connectivity index (χ1) is 5.39. The molecule has 74 valence electrons. The number of aliphatic hydroxyl groups excluding tert-OH is 1. The third-order valence-corrected chi connectivity index (χ3v) is 2.83. The Kier molecular flexibility index (Phi) is 4.18. The molecule has 1 nitrogen and oxygen atoms in total. The quantitative estimate of drug-likeness (QED) is 0.683. The minimum Gasteiger partial charge on any atom is -0.393 e. The van der Waals surface area contributed by atoms with Gasteiger partial charge in [0.2, 0.25) is 0 Å². The Balaban J connectivity index is 4.20. The highest BCUT2D eigenvalue weighted by Crippen LogP contribution is 2.36. The molecule has 2 heteroatoms. The van der Waals surface area contributed by atoms with Gasteiger partial charge in [-0.15, -0.1) is 0 Å². The van der Waals surface area contributed by atoms with E-state index in [4.69, 9.17) is 5.11 Å². The molecule has 0 spiro atoms. The van der Waals surface area contributed by atoms with Gasteiger partial charge in [0.15, 0.2) is 0 Å². The van der Waals surface area contributed by atoms with E-state index in [0.29, 0.717) is 6.42 Å². The first-order valence-electron chi connectivity index (χ1n) is 4.69. The summed E-state index contributed by atoms with van der Waals surface area (Å²) in [5.74, 6) is 0. The summed E-state index contributed by atoms with van der Waals surface area (Å²) >= 11 is 0. The van der Waals surface area contributed by atoms with Crippen LogP contribution in [0.4, 0.5) is 4.39 Å². The molecule has 0 aromatic heterocycles. The molecule has 0 rings (SSSR count). The van der Waals surface area contributed by atoms with Crippen molar-refractivity contribution < 1.29 is 9.50 Å². The lowest BCUT2D eigenvalue weighted by molar-refractivity contribution is 0.0358. The fourth-order valence-electron chi connectivity index (χ4n) is 1.45. The molecule has 0 fully saturated rings. The summed E-state index contributed by atoms with van der Waals surface area (Å²) in [5, 5.41) is 8.77. The number of halogens is 1. The van der Waals surface area contributed by atoms with Gasteiger partial charge in [-0.3, -0.25) is 0 Å². The van der Waals surface area contributed by atoms with Gasteiger partial charge in [0, 0.05) is 0 Å². The zero-order chi connectivity index (χ0) is 9.83. The highest BCUT2D eigenvalue weighted by Gasteiger charge is 2.32. The average Bonchev–Trinajstić information content (AvgIpc) is 2.04. The SMILES string of the molecule is CCC(C)(CC)C[C@@](C)(F)CO. The molecule has 0 amide bonds. The second kappa shape index (κ2) is 4.22. The van der Waals surface area contributed by atoms with Crippen molar-refractivity contribution >= 4 is 0 Å². The van der Waals surface area contributed by atoms with Crippen LogP contribution in [0.5, 0.6) is 0 Å². The molecule has 0 aliphatic rings. The Hall–Kier alpha value is -0.110. The van der Waals surface area contributed by atoms with Gasteiger partial charge in [0.25, 0.3) is 0 Å². The Morgan fingerprint density at radius 2 is 1.58 bits per heavy atom. The van der Waals surface area contributed by atoms with Crippen molar-refractivity contribution in [2.75, 3.05) is 6.61 Å². The van der Waals surface area contributed by atoms with Gasteiger partial charge in [0.05, 0.1) is 6.61 Å². The van der Waals surface area contributed by atoms with Crippen LogP contribution in [-0.4, -0.2) is 17.4 Å². The van der Waals surface area contributed by atoms with E-state index in [1.165, 1.54) is 6.92 Å². The Morgan fingerprint density at radius 3 is 1.83 bits per heavy atom. The van der Waals surface area contributed by atoms with Crippen LogP contribution in [0.1, 0.15) is 47.0 Å². The highest BCUT2D eigenvalue weighted by atomic mass is 19.1. The molecular weight excluding hydrogens is 155 g/mol. The third kappa shape index (κ3) is 3.53. The summed E-state index contributed by atoms with van der Waals surface area (Å²) in [6, 6.07) is 0. The molecule has 0 aromatic rings. The van der Waals surface area contributed by atoms with E-state index in [1.807, 2.05) is 0 Å². The number of alkyl halides is 1. The number of hydrogen-bond donors (Lipinski definition) is 1. The average molecular weight is 176 g/mol. The van der Waals surface area contributed by atoms with Gasteiger partial charge in [-0.05, 0) is 18.8 Å². The smallest absolute Gasteiger partial charge is 0.131 e. The van der Waals surface area contributed by atoms with Crippen LogP contribution in [0.3, 0.4) is 0 Å². The second-order valence-corrected chi connectivity index (χ2v) is 4.27. The third-order valence-electron chi connectivity index (χ3n) is 2.83. The summed E-state index contributed by atoms with van der Waals surface area (Å²) in [5.41, 5.74) is -1.38. The number of rotatable bonds is 5. The molecule has 0 radical (unpaired) electrons. The number of aliphatic hydroxyl groups is 1. The standard InChI is InChI=1S/C10H21FO/c1-5-9(3,6-2)7-10(4,11)8-12/h12H,5-8H2,1-4H3/t10-/m1/s1. The van der Waals surface area contributed by atoms with Gasteiger partial charge in [-0.25, -0.2) is 4.39 Å². The second-order valence-electron chi connectivity index (χ2n) is 4.27. The van der Waals surface area contributed by atoms with Gasteiger partial charge in [-0.1, -0.05) is 33.6 Å². The molecule has 12 heavy (non-hydrogen) atoms. The van der Waals surface area contributed by atoms with Crippen LogP contribution in [0, 0.1) is 5.41 Å². The van der Waals surface area contributed by atoms with Crippen LogP contribution < -0.4 is 0 Å². The van der Waals surface area contributed by atoms with E-state index in [-0.39, 0.29) is 12.0 Å². The Bertz CT molecular complexity index is 128. The zero-order valence-electron chi connectivity index (χ0n) is 8.65. The van der Waals surface area contributed by atoms with Crippen LogP contribution in [-0.2, 0) is 0 Å². The summed E-state index contributed by atoms with van der Waals surface area (Å²) in [4.78, 5) is 0. The summed E-state index contributed by atoms with van der Waals surface area (Å²) < 4.78 is 13.4. The van der Waals surface area contributed by atoms with Crippen LogP contribution in [0.25, 0.3) is 0 Å². The first-order valence-corrected chi connectivity index (χ1v) is 4.69. The van der Waals surface area contributed by atoms with Gasteiger partial charge in [-0.2, -0.15) is 0 Å². The van der Waals surface area contributed by atoms with Crippen LogP contribution >= 0.6 is 0 Å². The van der Waals surface area contributed by atoms with Crippen LogP contribution in [0.2, 0.25) is 0 Å². The number of hydrogen-bond acceptors (Lipinski definition) is 1. The molecule has 0 heterocycles. The molecule has 0 bridgehead atoms. The first kappa shape index (κ1) is 11.9. The summed E-state index contributed by atoms with van der Waals surface area (Å²) in [7, 11) is 0. The van der Waals surface area contributed by atoms with Crippen molar-refractivity contribution in [3.63, 3.8) is 0 Å². The highest BCUT2D eigenvalue weighted by molar-refractivity contribution is 4.82. The lowest BCUT2D eigenvalue weighted by Crippen LogP contribution is -2.31. The molecule has 0 aromatic carbocycles. The Labute approximate surface area is 75.0 Å². The molecule has 0 aliphatic carbocycles. The van der Waals surface area contributed by atoms with Crippen molar-refractivity contribution in [2.24, 2.45) is 5.41 Å².